The Hall–Kier alpha value is -1.92. The summed E-state index contributed by atoms with van der Waals surface area (Å²) in [5.74, 6) is 0.217. The molecule has 1 saturated heterocycles. The monoisotopic (exact) mass is 443 g/mol. The highest BCUT2D eigenvalue weighted by atomic mass is 79.9. The molecule has 1 aromatic heterocycles. The zero-order valence-electron chi connectivity index (χ0n) is 15.5. The Kier molecular flexibility index (Phi) is 5.19. The van der Waals surface area contributed by atoms with Crippen molar-refractivity contribution in [2.24, 2.45) is 0 Å². The average molecular weight is 444 g/mol. The van der Waals surface area contributed by atoms with Gasteiger partial charge in [0.25, 0.3) is 0 Å². The van der Waals surface area contributed by atoms with Crippen LogP contribution >= 0.6 is 27.3 Å². The standard InChI is InChI=1S/C21H22BrN3OS/c1-14-3-4-16(15(2)11-14)12-20(26)24-7-9-25(10-8-24)21-23-18-6-5-17(22)13-19(18)27-21/h3-6,11,13H,7-10,12H2,1-2H3. The first-order valence-corrected chi connectivity index (χ1v) is 10.8. The van der Waals surface area contributed by atoms with Crippen molar-refractivity contribution in [3.63, 3.8) is 0 Å². The van der Waals surface area contributed by atoms with Crippen molar-refractivity contribution in [3.8, 4) is 0 Å². The summed E-state index contributed by atoms with van der Waals surface area (Å²) in [6.07, 6.45) is 0.487. The molecule has 2 aromatic carbocycles. The topological polar surface area (TPSA) is 36.4 Å². The molecule has 0 aliphatic carbocycles. The largest absolute Gasteiger partial charge is 0.345 e. The Labute approximate surface area is 171 Å². The summed E-state index contributed by atoms with van der Waals surface area (Å²) >= 11 is 5.23. The summed E-state index contributed by atoms with van der Waals surface area (Å²) in [6, 6.07) is 12.5. The number of rotatable bonds is 3. The van der Waals surface area contributed by atoms with Crippen molar-refractivity contribution in [1.29, 1.82) is 0 Å². The third-order valence-corrected chi connectivity index (χ3v) is 6.65. The van der Waals surface area contributed by atoms with E-state index >= 15 is 0 Å². The third-order valence-electron chi connectivity index (χ3n) is 5.08. The number of amides is 1. The van der Waals surface area contributed by atoms with E-state index in [4.69, 9.17) is 4.98 Å². The number of benzene rings is 2. The van der Waals surface area contributed by atoms with Crippen LogP contribution in [0.25, 0.3) is 10.2 Å². The van der Waals surface area contributed by atoms with Crippen LogP contribution in [0.4, 0.5) is 5.13 Å². The molecule has 0 N–H and O–H groups in total. The fourth-order valence-corrected chi connectivity index (χ4v) is 5.06. The number of halogens is 1. The number of anilines is 1. The Morgan fingerprint density at radius 3 is 2.63 bits per heavy atom. The number of hydrogen-bond acceptors (Lipinski definition) is 4. The normalized spacial score (nSPS) is 14.8. The first-order valence-electron chi connectivity index (χ1n) is 9.14. The van der Waals surface area contributed by atoms with Crippen LogP contribution in [0.2, 0.25) is 0 Å². The summed E-state index contributed by atoms with van der Waals surface area (Å²) < 4.78 is 2.26. The van der Waals surface area contributed by atoms with E-state index < -0.39 is 0 Å². The van der Waals surface area contributed by atoms with Crippen LogP contribution in [-0.2, 0) is 11.2 Å². The lowest BCUT2D eigenvalue weighted by molar-refractivity contribution is -0.130. The van der Waals surface area contributed by atoms with Gasteiger partial charge in [-0.05, 0) is 43.2 Å². The number of carbonyl (C=O) groups is 1. The number of fused-ring (bicyclic) bond motifs is 1. The SMILES string of the molecule is Cc1ccc(CC(=O)N2CCN(c3nc4ccc(Br)cc4s3)CC2)c(C)c1. The van der Waals surface area contributed by atoms with Crippen LogP contribution < -0.4 is 4.90 Å². The zero-order chi connectivity index (χ0) is 19.0. The van der Waals surface area contributed by atoms with Gasteiger partial charge in [0.2, 0.25) is 5.91 Å². The van der Waals surface area contributed by atoms with E-state index in [1.165, 1.54) is 15.8 Å². The minimum absolute atomic E-state index is 0.217. The van der Waals surface area contributed by atoms with E-state index in [9.17, 15) is 4.79 Å². The molecule has 1 aliphatic rings. The molecule has 2 heterocycles. The second kappa shape index (κ2) is 7.60. The van der Waals surface area contributed by atoms with Crippen LogP contribution in [-0.4, -0.2) is 42.0 Å². The molecule has 4 rings (SSSR count). The Bertz CT molecular complexity index is 992. The predicted molar refractivity (Wildman–Crippen MR) is 116 cm³/mol. The van der Waals surface area contributed by atoms with Gasteiger partial charge in [-0.2, -0.15) is 0 Å². The molecule has 27 heavy (non-hydrogen) atoms. The third kappa shape index (κ3) is 4.01. The Balaban J connectivity index is 1.39. The van der Waals surface area contributed by atoms with E-state index in [2.05, 4.69) is 58.9 Å². The van der Waals surface area contributed by atoms with Crippen molar-refractivity contribution < 1.29 is 4.79 Å². The smallest absolute Gasteiger partial charge is 0.227 e. The molecule has 0 bridgehead atoms. The van der Waals surface area contributed by atoms with E-state index in [1.807, 2.05) is 17.0 Å². The van der Waals surface area contributed by atoms with Crippen molar-refractivity contribution in [2.75, 3.05) is 31.1 Å². The second-order valence-electron chi connectivity index (χ2n) is 7.08. The summed E-state index contributed by atoms with van der Waals surface area (Å²) in [5.41, 5.74) is 4.60. The van der Waals surface area contributed by atoms with Gasteiger partial charge in [-0.1, -0.05) is 51.0 Å². The van der Waals surface area contributed by atoms with Gasteiger partial charge in [0.15, 0.2) is 5.13 Å². The molecule has 0 spiro atoms. The molecule has 6 heteroatoms. The number of hydrogen-bond donors (Lipinski definition) is 0. The number of nitrogens with zero attached hydrogens (tertiary/aromatic N) is 3. The number of aromatic nitrogens is 1. The summed E-state index contributed by atoms with van der Waals surface area (Å²) in [5, 5.41) is 1.05. The molecule has 1 aliphatic heterocycles. The molecule has 0 unspecified atom stereocenters. The van der Waals surface area contributed by atoms with Crippen molar-refractivity contribution in [1.82, 2.24) is 9.88 Å². The number of piperazine rings is 1. The highest BCUT2D eigenvalue weighted by Crippen LogP contribution is 2.31. The highest BCUT2D eigenvalue weighted by Gasteiger charge is 2.23. The van der Waals surface area contributed by atoms with Gasteiger partial charge in [0, 0.05) is 30.7 Å². The van der Waals surface area contributed by atoms with Crippen LogP contribution in [0.1, 0.15) is 16.7 Å². The molecule has 0 atom stereocenters. The highest BCUT2D eigenvalue weighted by molar-refractivity contribution is 9.10. The Morgan fingerprint density at radius 1 is 1.11 bits per heavy atom. The van der Waals surface area contributed by atoms with Crippen LogP contribution in [0.3, 0.4) is 0 Å². The molecule has 1 amide bonds. The lowest BCUT2D eigenvalue weighted by atomic mass is 10.0. The first-order chi connectivity index (χ1) is 13.0. The Morgan fingerprint density at radius 2 is 1.89 bits per heavy atom. The first kappa shape index (κ1) is 18.4. The van der Waals surface area contributed by atoms with Crippen molar-refractivity contribution in [2.45, 2.75) is 20.3 Å². The van der Waals surface area contributed by atoms with E-state index in [0.717, 1.165) is 46.9 Å². The van der Waals surface area contributed by atoms with Gasteiger partial charge in [-0.15, -0.1) is 0 Å². The molecular formula is C21H22BrN3OS. The average Bonchev–Trinajstić information content (AvgIpc) is 3.07. The van der Waals surface area contributed by atoms with E-state index in [1.54, 1.807) is 11.3 Å². The number of aryl methyl sites for hydroxylation is 2. The zero-order valence-corrected chi connectivity index (χ0v) is 17.9. The fraction of sp³-hybridized carbons (Fsp3) is 0.333. The van der Waals surface area contributed by atoms with Gasteiger partial charge >= 0.3 is 0 Å². The lowest BCUT2D eigenvalue weighted by Crippen LogP contribution is -2.49. The van der Waals surface area contributed by atoms with Crippen molar-refractivity contribution >= 4 is 48.5 Å². The molecule has 0 radical (unpaired) electrons. The van der Waals surface area contributed by atoms with Gasteiger partial charge in [0.1, 0.15) is 0 Å². The molecule has 140 valence electrons. The summed E-state index contributed by atoms with van der Waals surface area (Å²) in [6.45, 7) is 7.34. The number of thiazole rings is 1. The lowest BCUT2D eigenvalue weighted by Gasteiger charge is -2.34. The molecule has 3 aromatic rings. The van der Waals surface area contributed by atoms with Crippen LogP contribution in [0.5, 0.6) is 0 Å². The maximum atomic E-state index is 12.7. The molecule has 1 fully saturated rings. The van der Waals surface area contributed by atoms with Gasteiger partial charge in [-0.3, -0.25) is 4.79 Å². The quantitative estimate of drug-likeness (QED) is 0.594. The summed E-state index contributed by atoms with van der Waals surface area (Å²) in [4.78, 5) is 21.7. The van der Waals surface area contributed by atoms with E-state index in [-0.39, 0.29) is 5.91 Å². The molecule has 4 nitrogen and oxygen atoms in total. The van der Waals surface area contributed by atoms with Gasteiger partial charge < -0.3 is 9.80 Å². The fourth-order valence-electron chi connectivity index (χ4n) is 3.49. The van der Waals surface area contributed by atoms with Crippen LogP contribution in [0, 0.1) is 13.8 Å². The van der Waals surface area contributed by atoms with Gasteiger partial charge in [0.05, 0.1) is 16.6 Å². The number of carbonyl (C=O) groups excluding carboxylic acids is 1. The minimum atomic E-state index is 0.217. The molecular weight excluding hydrogens is 422 g/mol. The van der Waals surface area contributed by atoms with Crippen LogP contribution in [0.15, 0.2) is 40.9 Å². The maximum absolute atomic E-state index is 12.7. The van der Waals surface area contributed by atoms with Gasteiger partial charge in [-0.25, -0.2) is 4.98 Å². The van der Waals surface area contributed by atoms with Crippen molar-refractivity contribution in [3.05, 3.63) is 57.6 Å². The predicted octanol–water partition coefficient (Wildman–Crippen LogP) is 4.57. The second-order valence-corrected chi connectivity index (χ2v) is 9.01. The minimum Gasteiger partial charge on any atom is -0.345 e. The maximum Gasteiger partial charge on any atom is 0.227 e. The summed E-state index contributed by atoms with van der Waals surface area (Å²) in [7, 11) is 0. The molecule has 0 saturated carbocycles. The van der Waals surface area contributed by atoms with E-state index in [0.29, 0.717) is 6.42 Å².